The summed E-state index contributed by atoms with van der Waals surface area (Å²) in [5, 5.41) is 4.85. The first kappa shape index (κ1) is 19.9. The maximum Gasteiger partial charge on any atom is 0.358 e. The fourth-order valence-corrected chi connectivity index (χ4v) is 3.12. The van der Waals surface area contributed by atoms with E-state index in [1.165, 1.54) is 23.6 Å². The second kappa shape index (κ2) is 8.45. The second-order valence-corrected chi connectivity index (χ2v) is 7.00. The lowest BCUT2D eigenvalue weighted by atomic mass is 10.2. The molecule has 0 spiro atoms. The van der Waals surface area contributed by atoms with E-state index in [1.54, 1.807) is 24.3 Å². The van der Waals surface area contributed by atoms with Gasteiger partial charge in [0.2, 0.25) is 0 Å². The maximum atomic E-state index is 13.6. The number of rotatable bonds is 5. The Balaban J connectivity index is 1.64. The Kier molecular flexibility index (Phi) is 6.01. The highest BCUT2D eigenvalue weighted by molar-refractivity contribution is 7.13. The van der Waals surface area contributed by atoms with Crippen molar-refractivity contribution < 1.29 is 23.1 Å². The minimum absolute atomic E-state index is 0.0338. The molecular formula is C19H13ClF2N2O3S. The Morgan fingerprint density at radius 2 is 1.89 bits per heavy atom. The summed E-state index contributed by atoms with van der Waals surface area (Å²) < 4.78 is 31.8. The molecule has 5 nitrogen and oxygen atoms in total. The van der Waals surface area contributed by atoms with Crippen LogP contribution in [0, 0.1) is 11.6 Å². The summed E-state index contributed by atoms with van der Waals surface area (Å²) in [6.07, 6.45) is -1.24. The molecule has 0 saturated heterocycles. The summed E-state index contributed by atoms with van der Waals surface area (Å²) in [5.74, 6) is -3.12. The van der Waals surface area contributed by atoms with Gasteiger partial charge in [0, 0.05) is 22.0 Å². The molecule has 1 heterocycles. The number of halogens is 3. The van der Waals surface area contributed by atoms with Gasteiger partial charge in [-0.05, 0) is 31.2 Å². The molecule has 0 bridgehead atoms. The summed E-state index contributed by atoms with van der Waals surface area (Å²) >= 11 is 7.08. The van der Waals surface area contributed by atoms with Gasteiger partial charge in [-0.2, -0.15) is 0 Å². The van der Waals surface area contributed by atoms with Crippen LogP contribution in [0.2, 0.25) is 5.02 Å². The first-order valence-electron chi connectivity index (χ1n) is 8.02. The number of esters is 1. The molecule has 144 valence electrons. The highest BCUT2D eigenvalue weighted by Gasteiger charge is 2.22. The van der Waals surface area contributed by atoms with E-state index in [-0.39, 0.29) is 11.4 Å². The normalized spacial score (nSPS) is 11.7. The number of benzene rings is 2. The van der Waals surface area contributed by atoms with Gasteiger partial charge in [0.05, 0.1) is 5.69 Å². The molecular weight excluding hydrogens is 410 g/mol. The fraction of sp³-hybridized carbons (Fsp3) is 0.105. The average molecular weight is 423 g/mol. The predicted octanol–water partition coefficient (Wildman–Crippen LogP) is 4.93. The zero-order valence-corrected chi connectivity index (χ0v) is 16.0. The van der Waals surface area contributed by atoms with Crippen LogP contribution in [-0.2, 0) is 9.53 Å². The Morgan fingerprint density at radius 3 is 2.61 bits per heavy atom. The molecule has 3 rings (SSSR count). The summed E-state index contributed by atoms with van der Waals surface area (Å²) in [5.41, 5.74) is 0.471. The Hall–Kier alpha value is -2.84. The van der Waals surface area contributed by atoms with Crippen molar-refractivity contribution in [1.29, 1.82) is 0 Å². The number of aromatic nitrogens is 1. The topological polar surface area (TPSA) is 68.3 Å². The third-order valence-electron chi connectivity index (χ3n) is 3.64. The molecule has 1 unspecified atom stereocenters. The van der Waals surface area contributed by atoms with E-state index in [2.05, 4.69) is 10.3 Å². The molecule has 28 heavy (non-hydrogen) atoms. The van der Waals surface area contributed by atoms with Crippen LogP contribution in [0.1, 0.15) is 17.4 Å². The SMILES string of the molecule is CC(OC(=O)c1csc(-c2ccc(Cl)cc2)n1)C(=O)Nc1cc(F)ccc1F. The Bertz CT molecular complexity index is 1020. The number of hydrogen-bond donors (Lipinski definition) is 1. The van der Waals surface area contributed by atoms with Gasteiger partial charge in [0.25, 0.3) is 5.91 Å². The van der Waals surface area contributed by atoms with Gasteiger partial charge in [-0.15, -0.1) is 11.3 Å². The Labute approximate surface area is 167 Å². The molecule has 9 heteroatoms. The van der Waals surface area contributed by atoms with Gasteiger partial charge in [0.15, 0.2) is 11.8 Å². The number of nitrogens with one attached hydrogen (secondary N) is 1. The number of carbonyl (C=O) groups is 2. The smallest absolute Gasteiger partial charge is 0.358 e. The first-order chi connectivity index (χ1) is 13.3. The Morgan fingerprint density at radius 1 is 1.18 bits per heavy atom. The summed E-state index contributed by atoms with van der Waals surface area (Å²) in [6.45, 7) is 1.32. The van der Waals surface area contributed by atoms with E-state index in [4.69, 9.17) is 16.3 Å². The number of carbonyl (C=O) groups excluding carboxylic acids is 2. The predicted molar refractivity (Wildman–Crippen MR) is 102 cm³/mol. The van der Waals surface area contributed by atoms with Crippen LogP contribution in [0.3, 0.4) is 0 Å². The van der Waals surface area contributed by atoms with Crippen molar-refractivity contribution in [2.45, 2.75) is 13.0 Å². The van der Waals surface area contributed by atoms with E-state index in [0.717, 1.165) is 23.8 Å². The van der Waals surface area contributed by atoms with Crippen molar-refractivity contribution in [3.63, 3.8) is 0 Å². The summed E-state index contributed by atoms with van der Waals surface area (Å²) in [6, 6.07) is 9.58. The van der Waals surface area contributed by atoms with Crippen LogP contribution >= 0.6 is 22.9 Å². The molecule has 0 radical (unpaired) electrons. The monoisotopic (exact) mass is 422 g/mol. The number of amides is 1. The third kappa shape index (κ3) is 4.71. The van der Waals surface area contributed by atoms with Crippen LogP contribution in [0.15, 0.2) is 47.8 Å². The number of thiazole rings is 1. The quantitative estimate of drug-likeness (QED) is 0.592. The molecule has 0 aliphatic carbocycles. The van der Waals surface area contributed by atoms with Crippen LogP contribution in [-0.4, -0.2) is 23.0 Å². The van der Waals surface area contributed by atoms with Crippen molar-refractivity contribution in [2.75, 3.05) is 5.32 Å². The van der Waals surface area contributed by atoms with Crippen LogP contribution in [0.5, 0.6) is 0 Å². The van der Waals surface area contributed by atoms with Crippen molar-refractivity contribution >= 4 is 40.5 Å². The molecule has 1 aromatic heterocycles. The molecule has 2 aromatic carbocycles. The van der Waals surface area contributed by atoms with E-state index < -0.39 is 29.6 Å². The van der Waals surface area contributed by atoms with Crippen LogP contribution in [0.4, 0.5) is 14.5 Å². The van der Waals surface area contributed by atoms with E-state index in [0.29, 0.717) is 10.0 Å². The van der Waals surface area contributed by atoms with Crippen molar-refractivity contribution in [3.05, 3.63) is 70.2 Å². The van der Waals surface area contributed by atoms with Gasteiger partial charge < -0.3 is 10.1 Å². The van der Waals surface area contributed by atoms with Crippen LogP contribution in [0.25, 0.3) is 10.6 Å². The van der Waals surface area contributed by atoms with Crippen molar-refractivity contribution in [3.8, 4) is 10.6 Å². The summed E-state index contributed by atoms with van der Waals surface area (Å²) in [4.78, 5) is 28.5. The summed E-state index contributed by atoms with van der Waals surface area (Å²) in [7, 11) is 0. The zero-order chi connectivity index (χ0) is 20.3. The van der Waals surface area contributed by atoms with E-state index in [1.807, 2.05) is 0 Å². The van der Waals surface area contributed by atoms with Crippen molar-refractivity contribution in [2.24, 2.45) is 0 Å². The van der Waals surface area contributed by atoms with Gasteiger partial charge in [-0.1, -0.05) is 23.7 Å². The standard InChI is InChI=1S/C19H13ClF2N2O3S/c1-10(17(25)23-15-8-13(21)6-7-14(15)22)27-19(26)16-9-28-18(24-16)11-2-4-12(20)5-3-11/h2-10H,1H3,(H,23,25). The van der Waals surface area contributed by atoms with Gasteiger partial charge >= 0.3 is 5.97 Å². The number of anilines is 1. The molecule has 0 aliphatic rings. The zero-order valence-electron chi connectivity index (χ0n) is 14.4. The molecule has 1 amide bonds. The number of ether oxygens (including phenoxy) is 1. The average Bonchev–Trinajstić information content (AvgIpc) is 3.15. The minimum atomic E-state index is -1.24. The minimum Gasteiger partial charge on any atom is -0.448 e. The molecule has 1 N–H and O–H groups in total. The van der Waals surface area contributed by atoms with Gasteiger partial charge in [-0.3, -0.25) is 4.79 Å². The third-order valence-corrected chi connectivity index (χ3v) is 4.79. The van der Waals surface area contributed by atoms with Gasteiger partial charge in [0.1, 0.15) is 16.6 Å². The molecule has 0 aliphatic heterocycles. The highest BCUT2D eigenvalue weighted by atomic mass is 35.5. The van der Waals surface area contributed by atoms with Crippen LogP contribution < -0.4 is 5.32 Å². The largest absolute Gasteiger partial charge is 0.448 e. The highest BCUT2D eigenvalue weighted by Crippen LogP contribution is 2.25. The molecule has 3 aromatic rings. The van der Waals surface area contributed by atoms with Gasteiger partial charge in [-0.25, -0.2) is 18.6 Å². The second-order valence-electron chi connectivity index (χ2n) is 5.71. The first-order valence-corrected chi connectivity index (χ1v) is 9.27. The number of hydrogen-bond acceptors (Lipinski definition) is 5. The lowest BCUT2D eigenvalue weighted by Crippen LogP contribution is -2.30. The lowest BCUT2D eigenvalue weighted by molar-refractivity contribution is -0.123. The van der Waals surface area contributed by atoms with E-state index >= 15 is 0 Å². The molecule has 0 fully saturated rings. The molecule has 0 saturated carbocycles. The maximum absolute atomic E-state index is 13.6. The lowest BCUT2D eigenvalue weighted by Gasteiger charge is -2.13. The van der Waals surface area contributed by atoms with Crippen molar-refractivity contribution in [1.82, 2.24) is 4.98 Å². The number of nitrogens with zero attached hydrogens (tertiary/aromatic N) is 1. The van der Waals surface area contributed by atoms with E-state index in [9.17, 15) is 18.4 Å². The molecule has 1 atom stereocenters. The fourth-order valence-electron chi connectivity index (χ4n) is 2.19.